The van der Waals surface area contributed by atoms with Crippen LogP contribution in [0.1, 0.15) is 0 Å². The average molecular weight is 139 g/mol. The topological polar surface area (TPSA) is 47.7 Å². The molecule has 0 rings (SSSR count). The van der Waals surface area contributed by atoms with Gasteiger partial charge in [0.25, 0.3) is 0 Å². The van der Waals surface area contributed by atoms with Crippen LogP contribution in [0.3, 0.4) is 0 Å². The molecular weight excluding hydrogens is 131 g/mol. The molecule has 0 aromatic carbocycles. The molecule has 0 fully saturated rings. The van der Waals surface area contributed by atoms with Crippen molar-refractivity contribution < 1.29 is 9.70 Å². The maximum Gasteiger partial charge on any atom is 0.199 e. The summed E-state index contributed by atoms with van der Waals surface area (Å²) in [6, 6.07) is 0. The van der Waals surface area contributed by atoms with Gasteiger partial charge in [-0.2, -0.15) is 0 Å². The Morgan fingerprint density at radius 3 is 2.88 bits per heavy atom. The molecule has 48 valence electrons. The minimum Gasteiger partial charge on any atom is -0.598 e. The number of hydroxylamine groups is 1. The van der Waals surface area contributed by atoms with Crippen LogP contribution in [0.25, 0.3) is 0 Å². The van der Waals surface area contributed by atoms with E-state index in [1.807, 2.05) is 0 Å². The highest BCUT2D eigenvalue weighted by molar-refractivity contribution is 6.17. The van der Waals surface area contributed by atoms with E-state index >= 15 is 0 Å². The van der Waals surface area contributed by atoms with Crippen molar-refractivity contribution in [3.63, 3.8) is 0 Å². The van der Waals surface area contributed by atoms with E-state index in [0.29, 0.717) is 10.7 Å². The molecule has 0 radical (unpaired) electrons. The van der Waals surface area contributed by atoms with Crippen molar-refractivity contribution in [2.75, 3.05) is 19.5 Å². The zero-order valence-electron chi connectivity index (χ0n) is 4.50. The molecule has 0 aromatic heterocycles. The van der Waals surface area contributed by atoms with E-state index in [1.54, 1.807) is 0 Å². The second-order valence-electron chi connectivity index (χ2n) is 1.07. The maximum atomic E-state index is 9.90. The summed E-state index contributed by atoms with van der Waals surface area (Å²) in [7, 11) is 1.23. The first kappa shape index (κ1) is 7.49. The summed E-state index contributed by atoms with van der Waals surface area (Å²) >= 11 is 5.18. The molecular formula is C3H7ClN2O2. The molecule has 0 aliphatic rings. The van der Waals surface area contributed by atoms with Crippen molar-refractivity contribution in [2.45, 2.75) is 0 Å². The third kappa shape index (κ3) is 5.49. The number of hydrogen-bond donors (Lipinski definition) is 0. The van der Waals surface area contributed by atoms with Gasteiger partial charge in [-0.3, -0.25) is 0 Å². The quantitative estimate of drug-likeness (QED) is 0.190. The van der Waals surface area contributed by atoms with E-state index in [9.17, 15) is 5.21 Å². The second kappa shape index (κ2) is 4.64. The first-order valence-corrected chi connectivity index (χ1v) is 2.60. The Labute approximate surface area is 52.2 Å². The zero-order valence-corrected chi connectivity index (χ0v) is 5.26. The Bertz CT molecular complexity index is 81.4. The fourth-order valence-electron chi connectivity index (χ4n) is 0.157. The summed E-state index contributed by atoms with van der Waals surface area (Å²) in [4.78, 5) is 4.68. The monoisotopic (exact) mass is 138 g/mol. The highest BCUT2D eigenvalue weighted by Crippen LogP contribution is 1.78. The van der Waals surface area contributed by atoms with Crippen LogP contribution in [0.15, 0.2) is 5.28 Å². The molecule has 0 atom stereocenters. The van der Waals surface area contributed by atoms with Crippen LogP contribution >= 0.6 is 11.6 Å². The lowest BCUT2D eigenvalue weighted by Crippen LogP contribution is -1.94. The van der Waals surface area contributed by atoms with Crippen LogP contribution in [0.4, 0.5) is 0 Å². The molecule has 0 bridgehead atoms. The van der Waals surface area contributed by atoms with E-state index in [0.717, 1.165) is 0 Å². The number of nitrogens with zero attached hydrogens (tertiary/aromatic N) is 2. The van der Waals surface area contributed by atoms with Gasteiger partial charge in [0.05, 0.1) is 5.88 Å². The molecule has 8 heavy (non-hydrogen) atoms. The summed E-state index contributed by atoms with van der Waals surface area (Å²) in [5.41, 5.74) is 0. The SMILES string of the molecule is C/[N+]([O-])=N/OCCCl. The molecule has 4 nitrogen and oxygen atoms in total. The molecule has 0 saturated carbocycles. The lowest BCUT2D eigenvalue weighted by atomic mass is 10.9. The van der Waals surface area contributed by atoms with Crippen LogP contribution in [0.2, 0.25) is 0 Å². The molecule has 0 amide bonds. The molecule has 0 aromatic rings. The fourth-order valence-corrected chi connectivity index (χ4v) is 0.226. The van der Waals surface area contributed by atoms with Crippen molar-refractivity contribution >= 4 is 11.6 Å². The lowest BCUT2D eigenvalue weighted by Gasteiger charge is -1.90. The van der Waals surface area contributed by atoms with Crippen molar-refractivity contribution in [2.24, 2.45) is 5.28 Å². The van der Waals surface area contributed by atoms with E-state index in [2.05, 4.69) is 10.1 Å². The Hall–Kier alpha value is -0.510. The van der Waals surface area contributed by atoms with Gasteiger partial charge in [-0.15, -0.1) is 11.6 Å². The van der Waals surface area contributed by atoms with Gasteiger partial charge in [0.1, 0.15) is 6.61 Å². The van der Waals surface area contributed by atoms with Gasteiger partial charge >= 0.3 is 0 Å². The number of halogens is 1. The molecule has 0 saturated heterocycles. The molecule has 0 N–H and O–H groups in total. The van der Waals surface area contributed by atoms with Crippen LogP contribution in [0.5, 0.6) is 0 Å². The third-order valence-corrected chi connectivity index (χ3v) is 0.495. The minimum absolute atomic E-state index is 0.272. The molecule has 0 aliphatic heterocycles. The van der Waals surface area contributed by atoms with Crippen molar-refractivity contribution in [3.8, 4) is 0 Å². The molecule has 5 heteroatoms. The lowest BCUT2D eigenvalue weighted by molar-refractivity contribution is -0.530. The Morgan fingerprint density at radius 1 is 1.88 bits per heavy atom. The maximum absolute atomic E-state index is 9.90. The number of alkyl halides is 1. The third-order valence-electron chi connectivity index (χ3n) is 0.341. The molecule has 0 heterocycles. The summed E-state index contributed by atoms with van der Waals surface area (Å²) in [6.07, 6.45) is 0. The molecule has 0 aliphatic carbocycles. The van der Waals surface area contributed by atoms with E-state index in [1.165, 1.54) is 7.05 Å². The molecule has 0 unspecified atom stereocenters. The fraction of sp³-hybridized carbons (Fsp3) is 1.00. The highest BCUT2D eigenvalue weighted by Gasteiger charge is 1.81. The number of hydrogen-bond acceptors (Lipinski definition) is 3. The Morgan fingerprint density at radius 2 is 2.50 bits per heavy atom. The summed E-state index contributed by atoms with van der Waals surface area (Å²) < 4.78 is 0. The van der Waals surface area contributed by atoms with E-state index < -0.39 is 0 Å². The normalized spacial score (nSPS) is 11.5. The van der Waals surface area contributed by atoms with Gasteiger partial charge in [-0.1, -0.05) is 4.86 Å². The van der Waals surface area contributed by atoms with E-state index in [4.69, 9.17) is 11.6 Å². The summed E-state index contributed by atoms with van der Waals surface area (Å²) in [5.74, 6) is 0.345. The first-order valence-electron chi connectivity index (χ1n) is 2.07. The van der Waals surface area contributed by atoms with E-state index in [-0.39, 0.29) is 6.61 Å². The number of rotatable bonds is 3. The van der Waals surface area contributed by atoms with Gasteiger partial charge in [-0.25, -0.2) is 0 Å². The van der Waals surface area contributed by atoms with Gasteiger partial charge in [0.15, 0.2) is 12.3 Å². The van der Waals surface area contributed by atoms with Crippen molar-refractivity contribution in [1.82, 2.24) is 0 Å². The summed E-state index contributed by atoms with van der Waals surface area (Å²) in [5, 5.41) is 12.9. The predicted octanol–water partition coefficient (Wildman–Crippen LogP) is 0.749. The van der Waals surface area contributed by atoms with Gasteiger partial charge in [0.2, 0.25) is 0 Å². The summed E-state index contributed by atoms with van der Waals surface area (Å²) in [6.45, 7) is 0.272. The van der Waals surface area contributed by atoms with Crippen molar-refractivity contribution in [3.05, 3.63) is 5.21 Å². The van der Waals surface area contributed by atoms with Crippen LogP contribution in [-0.2, 0) is 4.84 Å². The first-order chi connectivity index (χ1) is 3.77. The van der Waals surface area contributed by atoms with Gasteiger partial charge < -0.3 is 10.0 Å². The van der Waals surface area contributed by atoms with Gasteiger partial charge in [0, 0.05) is 0 Å². The highest BCUT2D eigenvalue weighted by atomic mass is 35.5. The van der Waals surface area contributed by atoms with Crippen molar-refractivity contribution in [1.29, 1.82) is 0 Å². The smallest absolute Gasteiger partial charge is 0.199 e. The van der Waals surface area contributed by atoms with Crippen LogP contribution < -0.4 is 0 Å². The van der Waals surface area contributed by atoms with Crippen LogP contribution in [-0.4, -0.2) is 24.4 Å². The van der Waals surface area contributed by atoms with Crippen LogP contribution in [0, 0.1) is 5.21 Å². The second-order valence-corrected chi connectivity index (χ2v) is 1.45. The largest absolute Gasteiger partial charge is 0.598 e. The minimum atomic E-state index is 0.272. The predicted molar refractivity (Wildman–Crippen MR) is 28.7 cm³/mol. The standard InChI is InChI=1S/C3H7ClN2O2/c1-6(7)5-8-3-2-4/h2-3H2,1H3/b6-5-. The Balaban J connectivity index is 3.03. The molecule has 0 spiro atoms. The average Bonchev–Trinajstić information content (AvgIpc) is 1.66. The zero-order chi connectivity index (χ0) is 6.41. The van der Waals surface area contributed by atoms with Gasteiger partial charge in [-0.05, 0) is 0 Å². The Kier molecular flexibility index (Phi) is 4.35.